The Morgan fingerprint density at radius 1 is 1.45 bits per heavy atom. The van der Waals surface area contributed by atoms with Gasteiger partial charge in [0.15, 0.2) is 5.96 Å². The van der Waals surface area contributed by atoms with Gasteiger partial charge in [-0.05, 0) is 18.8 Å². The summed E-state index contributed by atoms with van der Waals surface area (Å²) in [5.41, 5.74) is 0. The van der Waals surface area contributed by atoms with Crippen molar-refractivity contribution in [1.29, 1.82) is 0 Å². The first-order valence-corrected chi connectivity index (χ1v) is 7.39. The second-order valence-corrected chi connectivity index (χ2v) is 6.03. The number of carbonyl (C=O) groups is 1. The molecule has 114 valence electrons. The average molecular weight is 282 g/mol. The molecule has 1 aliphatic heterocycles. The van der Waals surface area contributed by atoms with Crippen molar-refractivity contribution in [1.82, 2.24) is 15.5 Å². The molecular weight excluding hydrogens is 256 g/mol. The first-order chi connectivity index (χ1) is 9.56. The molecule has 2 aliphatic rings. The van der Waals surface area contributed by atoms with Crippen molar-refractivity contribution >= 4 is 11.9 Å². The van der Waals surface area contributed by atoms with Crippen molar-refractivity contribution in [3.8, 4) is 0 Å². The molecule has 0 aromatic carbocycles. The highest BCUT2D eigenvalue weighted by Crippen LogP contribution is 2.28. The summed E-state index contributed by atoms with van der Waals surface area (Å²) in [6, 6.07) is 0.496. The normalized spacial score (nSPS) is 29.1. The number of carbonyl (C=O) groups excluding carboxylic acids is 1. The van der Waals surface area contributed by atoms with Gasteiger partial charge >= 0.3 is 0 Å². The van der Waals surface area contributed by atoms with Crippen LogP contribution in [-0.2, 0) is 9.53 Å². The van der Waals surface area contributed by atoms with E-state index in [0.717, 1.165) is 32.1 Å². The average Bonchev–Trinajstić information content (AvgIpc) is 2.91. The molecule has 2 fully saturated rings. The SMILES string of the molecule is CC1CC1NC(=NCC(=O)N(C)C)NCC1CCOC1. The van der Waals surface area contributed by atoms with E-state index >= 15 is 0 Å². The Morgan fingerprint density at radius 3 is 2.75 bits per heavy atom. The maximum Gasteiger partial charge on any atom is 0.243 e. The maximum atomic E-state index is 11.6. The lowest BCUT2D eigenvalue weighted by Crippen LogP contribution is -2.42. The van der Waals surface area contributed by atoms with Crippen molar-refractivity contribution in [2.45, 2.75) is 25.8 Å². The number of aliphatic imine (C=N–C) groups is 1. The number of nitrogens with zero attached hydrogens (tertiary/aromatic N) is 2. The van der Waals surface area contributed by atoms with E-state index < -0.39 is 0 Å². The molecule has 20 heavy (non-hydrogen) atoms. The van der Waals surface area contributed by atoms with Crippen LogP contribution in [-0.4, -0.2) is 63.2 Å². The number of ether oxygens (including phenoxy) is 1. The van der Waals surface area contributed by atoms with Crippen LogP contribution in [0.25, 0.3) is 0 Å². The van der Waals surface area contributed by atoms with Gasteiger partial charge in [-0.2, -0.15) is 0 Å². The molecule has 0 spiro atoms. The number of hydrogen-bond donors (Lipinski definition) is 2. The van der Waals surface area contributed by atoms with Gasteiger partial charge in [0.05, 0.1) is 6.61 Å². The standard InChI is InChI=1S/C14H26N4O2/c1-10-6-12(10)17-14(16-8-13(19)18(2)3)15-7-11-4-5-20-9-11/h10-12H,4-9H2,1-3H3,(H2,15,16,17). The van der Waals surface area contributed by atoms with Gasteiger partial charge in [-0.25, -0.2) is 4.99 Å². The number of amides is 1. The minimum absolute atomic E-state index is 0.0131. The van der Waals surface area contributed by atoms with Gasteiger partial charge in [0.2, 0.25) is 5.91 Å². The van der Waals surface area contributed by atoms with E-state index in [-0.39, 0.29) is 12.5 Å². The molecule has 6 nitrogen and oxygen atoms in total. The molecule has 1 saturated carbocycles. The van der Waals surface area contributed by atoms with Crippen LogP contribution in [0.3, 0.4) is 0 Å². The van der Waals surface area contributed by atoms with Crippen LogP contribution in [0.2, 0.25) is 0 Å². The van der Waals surface area contributed by atoms with E-state index in [1.54, 1.807) is 19.0 Å². The summed E-state index contributed by atoms with van der Waals surface area (Å²) in [5.74, 6) is 2.00. The number of likely N-dealkylation sites (N-methyl/N-ethyl adjacent to an activating group) is 1. The zero-order chi connectivity index (χ0) is 14.5. The third kappa shape index (κ3) is 4.67. The molecule has 3 atom stereocenters. The fraction of sp³-hybridized carbons (Fsp3) is 0.857. The Bertz CT molecular complexity index is 364. The van der Waals surface area contributed by atoms with Gasteiger partial charge in [-0.1, -0.05) is 6.92 Å². The highest BCUT2D eigenvalue weighted by molar-refractivity contribution is 5.85. The minimum atomic E-state index is 0.0131. The lowest BCUT2D eigenvalue weighted by Gasteiger charge is -2.15. The van der Waals surface area contributed by atoms with Crippen molar-refractivity contribution < 1.29 is 9.53 Å². The van der Waals surface area contributed by atoms with Crippen LogP contribution in [0, 0.1) is 11.8 Å². The van der Waals surface area contributed by atoms with E-state index in [9.17, 15) is 4.79 Å². The van der Waals surface area contributed by atoms with E-state index in [1.165, 1.54) is 6.42 Å². The maximum absolute atomic E-state index is 11.6. The lowest BCUT2D eigenvalue weighted by molar-refractivity contribution is -0.127. The number of guanidine groups is 1. The van der Waals surface area contributed by atoms with Crippen LogP contribution < -0.4 is 10.6 Å². The quantitative estimate of drug-likeness (QED) is 0.552. The second kappa shape index (κ2) is 6.92. The first kappa shape index (κ1) is 15.1. The summed E-state index contributed by atoms with van der Waals surface area (Å²) in [4.78, 5) is 17.6. The van der Waals surface area contributed by atoms with Gasteiger partial charge in [-0.3, -0.25) is 4.79 Å². The van der Waals surface area contributed by atoms with Gasteiger partial charge < -0.3 is 20.3 Å². The fourth-order valence-electron chi connectivity index (χ4n) is 2.12. The molecule has 0 radical (unpaired) electrons. The highest BCUT2D eigenvalue weighted by Gasteiger charge is 2.33. The minimum Gasteiger partial charge on any atom is -0.381 e. The Kier molecular flexibility index (Phi) is 5.23. The molecule has 3 unspecified atom stereocenters. The predicted molar refractivity (Wildman–Crippen MR) is 78.6 cm³/mol. The zero-order valence-corrected chi connectivity index (χ0v) is 12.7. The molecule has 6 heteroatoms. The third-order valence-electron chi connectivity index (χ3n) is 3.88. The summed E-state index contributed by atoms with van der Waals surface area (Å²) in [6.07, 6.45) is 2.27. The lowest BCUT2D eigenvalue weighted by atomic mass is 10.1. The van der Waals surface area contributed by atoms with E-state index in [2.05, 4.69) is 22.5 Å². The number of rotatable bonds is 5. The summed E-state index contributed by atoms with van der Waals surface area (Å²) >= 11 is 0. The van der Waals surface area contributed by atoms with Crippen LogP contribution >= 0.6 is 0 Å². The van der Waals surface area contributed by atoms with Gasteiger partial charge in [0, 0.05) is 39.2 Å². The highest BCUT2D eigenvalue weighted by atomic mass is 16.5. The molecule has 0 aromatic heterocycles. The first-order valence-electron chi connectivity index (χ1n) is 7.39. The van der Waals surface area contributed by atoms with Crippen molar-refractivity contribution in [3.63, 3.8) is 0 Å². The molecule has 1 aliphatic carbocycles. The van der Waals surface area contributed by atoms with Crippen LogP contribution in [0.1, 0.15) is 19.8 Å². The van der Waals surface area contributed by atoms with E-state index in [1.807, 2.05) is 0 Å². The van der Waals surface area contributed by atoms with Gasteiger partial charge in [-0.15, -0.1) is 0 Å². The van der Waals surface area contributed by atoms with Crippen LogP contribution in [0.5, 0.6) is 0 Å². The van der Waals surface area contributed by atoms with Gasteiger partial charge in [0.1, 0.15) is 6.54 Å². The van der Waals surface area contributed by atoms with E-state index in [4.69, 9.17) is 4.74 Å². The van der Waals surface area contributed by atoms with Crippen molar-refractivity contribution in [2.75, 3.05) is 40.4 Å². The molecule has 0 bridgehead atoms. The number of nitrogens with one attached hydrogen (secondary N) is 2. The zero-order valence-electron chi connectivity index (χ0n) is 12.7. The molecule has 1 saturated heterocycles. The summed E-state index contributed by atoms with van der Waals surface area (Å²) in [7, 11) is 3.49. The van der Waals surface area contributed by atoms with Crippen molar-refractivity contribution in [2.24, 2.45) is 16.8 Å². The summed E-state index contributed by atoms with van der Waals surface area (Å²) in [5, 5.41) is 6.72. The molecular formula is C14H26N4O2. The Labute approximate surface area is 121 Å². The Balaban J connectivity index is 1.82. The smallest absolute Gasteiger partial charge is 0.243 e. The molecule has 1 amide bonds. The summed E-state index contributed by atoms with van der Waals surface area (Å²) < 4.78 is 5.37. The van der Waals surface area contributed by atoms with Crippen LogP contribution in [0.15, 0.2) is 4.99 Å². The Morgan fingerprint density at radius 2 is 2.20 bits per heavy atom. The monoisotopic (exact) mass is 282 g/mol. The summed E-state index contributed by atoms with van der Waals surface area (Å²) in [6.45, 7) is 4.92. The van der Waals surface area contributed by atoms with E-state index in [0.29, 0.717) is 17.9 Å². The van der Waals surface area contributed by atoms with Crippen molar-refractivity contribution in [3.05, 3.63) is 0 Å². The predicted octanol–water partition coefficient (Wildman–Crippen LogP) is 0.0547. The Hall–Kier alpha value is -1.30. The van der Waals surface area contributed by atoms with Crippen LogP contribution in [0.4, 0.5) is 0 Å². The molecule has 0 aromatic rings. The fourth-order valence-corrected chi connectivity index (χ4v) is 2.12. The largest absolute Gasteiger partial charge is 0.381 e. The number of hydrogen-bond acceptors (Lipinski definition) is 3. The topological polar surface area (TPSA) is 66.0 Å². The molecule has 1 heterocycles. The molecule has 2 rings (SSSR count). The second-order valence-electron chi connectivity index (χ2n) is 6.03. The van der Waals surface area contributed by atoms with Gasteiger partial charge in [0.25, 0.3) is 0 Å². The third-order valence-corrected chi connectivity index (χ3v) is 3.88. The molecule has 2 N–H and O–H groups in total.